The highest BCUT2D eigenvalue weighted by Gasteiger charge is 2.33. The van der Waals surface area contributed by atoms with Gasteiger partial charge in [0.2, 0.25) is 0 Å². The third-order valence-corrected chi connectivity index (χ3v) is 3.88. The summed E-state index contributed by atoms with van der Waals surface area (Å²) >= 11 is 0. The number of pyridine rings is 1. The molecule has 0 saturated carbocycles. The van der Waals surface area contributed by atoms with Gasteiger partial charge in [0.25, 0.3) is 5.91 Å². The first kappa shape index (κ1) is 19.6. The Morgan fingerprint density at radius 3 is 2.31 bits per heavy atom. The van der Waals surface area contributed by atoms with Crippen LogP contribution >= 0.6 is 0 Å². The van der Waals surface area contributed by atoms with Gasteiger partial charge in [-0.2, -0.15) is 13.2 Å². The number of nitrogens with one attached hydrogen (secondary N) is 1. The van der Waals surface area contributed by atoms with Crippen LogP contribution in [0.15, 0.2) is 30.3 Å². The fraction of sp³-hybridized carbons (Fsp3) is 0.333. The number of carbonyl (C=O) groups is 1. The molecule has 0 spiro atoms. The third kappa shape index (κ3) is 4.25. The molecule has 1 aromatic heterocycles. The molecule has 2 aromatic rings. The molecule has 0 fully saturated rings. The van der Waals surface area contributed by atoms with Gasteiger partial charge in [-0.05, 0) is 43.7 Å². The van der Waals surface area contributed by atoms with E-state index in [4.69, 9.17) is 9.47 Å². The Hall–Kier alpha value is -2.77. The Morgan fingerprint density at radius 1 is 1.12 bits per heavy atom. The number of benzene rings is 1. The first-order chi connectivity index (χ1) is 12.2. The van der Waals surface area contributed by atoms with Crippen LogP contribution in [0.3, 0.4) is 0 Å². The average molecular weight is 368 g/mol. The zero-order chi connectivity index (χ0) is 19.5. The van der Waals surface area contributed by atoms with Crippen LogP contribution in [0.25, 0.3) is 0 Å². The lowest BCUT2D eigenvalue weighted by atomic mass is 10.1. The predicted molar refractivity (Wildman–Crippen MR) is 89.4 cm³/mol. The summed E-state index contributed by atoms with van der Waals surface area (Å²) in [5, 5.41) is 2.74. The maximum atomic E-state index is 12.7. The van der Waals surface area contributed by atoms with Crippen molar-refractivity contribution in [2.24, 2.45) is 0 Å². The van der Waals surface area contributed by atoms with Crippen molar-refractivity contribution in [3.8, 4) is 11.5 Å². The molecule has 0 aliphatic heterocycles. The molecular formula is C18H19F3N2O3. The van der Waals surface area contributed by atoms with Gasteiger partial charge in [0.05, 0.1) is 31.5 Å². The molecule has 0 aliphatic carbocycles. The number of amides is 1. The molecule has 26 heavy (non-hydrogen) atoms. The van der Waals surface area contributed by atoms with Crippen LogP contribution in [-0.2, 0) is 6.18 Å². The van der Waals surface area contributed by atoms with E-state index in [0.29, 0.717) is 11.5 Å². The largest absolute Gasteiger partial charge is 0.493 e. The van der Waals surface area contributed by atoms with E-state index < -0.39 is 23.8 Å². The van der Waals surface area contributed by atoms with Crippen molar-refractivity contribution in [1.82, 2.24) is 10.3 Å². The minimum atomic E-state index is -4.55. The molecule has 8 heteroatoms. The van der Waals surface area contributed by atoms with E-state index in [2.05, 4.69) is 10.3 Å². The number of aryl methyl sites for hydroxylation is 1. The molecule has 1 aromatic carbocycles. The van der Waals surface area contributed by atoms with Crippen molar-refractivity contribution in [2.45, 2.75) is 26.1 Å². The minimum Gasteiger partial charge on any atom is -0.493 e. The number of halogens is 3. The standard InChI is InChI=1S/C18H19F3N2O3/c1-10(12-5-7-14(25-3)15(9-12)26-4)23-17(24)13-6-8-16(18(19,20)21)22-11(13)2/h5-10H,1-4H3,(H,23,24). The lowest BCUT2D eigenvalue weighted by Crippen LogP contribution is -2.28. The van der Waals surface area contributed by atoms with Gasteiger partial charge in [-0.1, -0.05) is 6.07 Å². The summed E-state index contributed by atoms with van der Waals surface area (Å²) in [6, 6.07) is 6.72. The zero-order valence-electron chi connectivity index (χ0n) is 14.8. The fourth-order valence-electron chi connectivity index (χ4n) is 2.44. The topological polar surface area (TPSA) is 60.5 Å². The van der Waals surface area contributed by atoms with E-state index in [1.165, 1.54) is 21.1 Å². The van der Waals surface area contributed by atoms with E-state index >= 15 is 0 Å². The molecule has 1 N–H and O–H groups in total. The summed E-state index contributed by atoms with van der Waals surface area (Å²) in [6.45, 7) is 3.12. The number of ether oxygens (including phenoxy) is 2. The molecule has 2 rings (SSSR count). The Kier molecular flexibility index (Phi) is 5.74. The Labute approximate surface area is 149 Å². The quantitative estimate of drug-likeness (QED) is 0.869. The number of carbonyl (C=O) groups excluding carboxylic acids is 1. The van der Waals surface area contributed by atoms with Crippen molar-refractivity contribution in [3.63, 3.8) is 0 Å². The Bertz CT molecular complexity index is 807. The summed E-state index contributed by atoms with van der Waals surface area (Å²) in [5.74, 6) is 0.557. The van der Waals surface area contributed by atoms with Crippen molar-refractivity contribution in [2.75, 3.05) is 14.2 Å². The van der Waals surface area contributed by atoms with Crippen LogP contribution in [0, 0.1) is 6.92 Å². The summed E-state index contributed by atoms with van der Waals surface area (Å²) in [5.41, 5.74) is -0.171. The molecule has 140 valence electrons. The molecule has 0 saturated heterocycles. The summed E-state index contributed by atoms with van der Waals surface area (Å²) in [6.07, 6.45) is -4.55. The second-order valence-corrected chi connectivity index (χ2v) is 5.64. The second-order valence-electron chi connectivity index (χ2n) is 5.64. The molecule has 1 unspecified atom stereocenters. The lowest BCUT2D eigenvalue weighted by molar-refractivity contribution is -0.141. The van der Waals surface area contributed by atoms with E-state index in [1.807, 2.05) is 0 Å². The predicted octanol–water partition coefficient (Wildman–Crippen LogP) is 3.92. The molecular weight excluding hydrogens is 349 g/mol. The van der Waals surface area contributed by atoms with Gasteiger partial charge in [-0.3, -0.25) is 4.79 Å². The maximum absolute atomic E-state index is 12.7. The fourth-order valence-corrected chi connectivity index (χ4v) is 2.44. The van der Waals surface area contributed by atoms with E-state index in [1.54, 1.807) is 25.1 Å². The first-order valence-electron chi connectivity index (χ1n) is 7.75. The number of hydrogen-bond donors (Lipinski definition) is 1. The number of nitrogens with zero attached hydrogens (tertiary/aromatic N) is 1. The van der Waals surface area contributed by atoms with Crippen LogP contribution < -0.4 is 14.8 Å². The van der Waals surface area contributed by atoms with E-state index in [9.17, 15) is 18.0 Å². The van der Waals surface area contributed by atoms with Crippen LogP contribution in [0.1, 0.15) is 40.3 Å². The normalized spacial score (nSPS) is 12.4. The smallest absolute Gasteiger partial charge is 0.433 e. The van der Waals surface area contributed by atoms with E-state index in [-0.39, 0.29) is 11.3 Å². The van der Waals surface area contributed by atoms with E-state index in [0.717, 1.165) is 17.7 Å². The number of alkyl halides is 3. The molecule has 0 radical (unpaired) electrons. The summed E-state index contributed by atoms with van der Waals surface area (Å²) < 4.78 is 48.4. The van der Waals surface area contributed by atoms with Crippen LogP contribution in [0.4, 0.5) is 13.2 Å². The SMILES string of the molecule is COc1ccc(C(C)NC(=O)c2ccc(C(F)(F)F)nc2C)cc1OC. The van der Waals surface area contributed by atoms with Crippen molar-refractivity contribution in [3.05, 3.63) is 52.8 Å². The van der Waals surface area contributed by atoms with Crippen molar-refractivity contribution < 1.29 is 27.4 Å². The lowest BCUT2D eigenvalue weighted by Gasteiger charge is -2.17. The van der Waals surface area contributed by atoms with Crippen LogP contribution in [-0.4, -0.2) is 25.1 Å². The highest BCUT2D eigenvalue weighted by molar-refractivity contribution is 5.95. The Balaban J connectivity index is 2.19. The number of methoxy groups -OCH3 is 2. The summed E-state index contributed by atoms with van der Waals surface area (Å²) in [7, 11) is 3.02. The van der Waals surface area contributed by atoms with Gasteiger partial charge in [0, 0.05) is 0 Å². The van der Waals surface area contributed by atoms with Crippen LogP contribution in [0.5, 0.6) is 11.5 Å². The third-order valence-electron chi connectivity index (χ3n) is 3.88. The first-order valence-corrected chi connectivity index (χ1v) is 7.75. The number of hydrogen-bond acceptors (Lipinski definition) is 4. The molecule has 1 amide bonds. The minimum absolute atomic E-state index is 0.0110. The van der Waals surface area contributed by atoms with Gasteiger partial charge in [-0.15, -0.1) is 0 Å². The molecule has 1 heterocycles. The Morgan fingerprint density at radius 2 is 1.77 bits per heavy atom. The van der Waals surface area contributed by atoms with Gasteiger partial charge < -0.3 is 14.8 Å². The van der Waals surface area contributed by atoms with Gasteiger partial charge in [0.15, 0.2) is 11.5 Å². The van der Waals surface area contributed by atoms with Gasteiger partial charge in [-0.25, -0.2) is 4.98 Å². The maximum Gasteiger partial charge on any atom is 0.433 e. The van der Waals surface area contributed by atoms with Crippen molar-refractivity contribution in [1.29, 1.82) is 0 Å². The monoisotopic (exact) mass is 368 g/mol. The molecule has 1 atom stereocenters. The van der Waals surface area contributed by atoms with Gasteiger partial charge >= 0.3 is 6.18 Å². The van der Waals surface area contributed by atoms with Crippen molar-refractivity contribution >= 4 is 5.91 Å². The highest BCUT2D eigenvalue weighted by Crippen LogP contribution is 2.30. The zero-order valence-corrected chi connectivity index (χ0v) is 14.8. The number of aromatic nitrogens is 1. The number of rotatable bonds is 5. The van der Waals surface area contributed by atoms with Gasteiger partial charge in [0.1, 0.15) is 5.69 Å². The highest BCUT2D eigenvalue weighted by atomic mass is 19.4. The molecule has 0 bridgehead atoms. The van der Waals surface area contributed by atoms with Crippen LogP contribution in [0.2, 0.25) is 0 Å². The molecule has 0 aliphatic rings. The molecule has 5 nitrogen and oxygen atoms in total. The average Bonchev–Trinajstić information content (AvgIpc) is 2.59. The second kappa shape index (κ2) is 7.63. The summed E-state index contributed by atoms with van der Waals surface area (Å²) in [4.78, 5) is 15.9.